The normalized spacial score (nSPS) is 14.9. The van der Waals surface area contributed by atoms with Crippen LogP contribution in [0.25, 0.3) is 0 Å². The van der Waals surface area contributed by atoms with E-state index in [0.717, 1.165) is 10.6 Å². The molecule has 1 amide bonds. The van der Waals surface area contributed by atoms with Gasteiger partial charge in [0.15, 0.2) is 17.5 Å². The van der Waals surface area contributed by atoms with E-state index in [1.165, 1.54) is 0 Å². The summed E-state index contributed by atoms with van der Waals surface area (Å²) in [6.07, 6.45) is 0. The third-order valence-corrected chi connectivity index (χ3v) is 4.77. The molecule has 0 bridgehead atoms. The van der Waals surface area contributed by atoms with Gasteiger partial charge in [0.05, 0.1) is 7.05 Å². The average Bonchev–Trinajstić information content (AvgIpc) is 2.68. The van der Waals surface area contributed by atoms with Gasteiger partial charge in [0.1, 0.15) is 32.1 Å². The summed E-state index contributed by atoms with van der Waals surface area (Å²) in [6.45, 7) is 4.15. The summed E-state index contributed by atoms with van der Waals surface area (Å²) in [4.78, 5) is 13.6. The number of amides is 1. The Kier molecular flexibility index (Phi) is 6.42. The Labute approximate surface area is 164 Å². The number of fused-ring (bicyclic) bond motifs is 1. The quantitative estimate of drug-likeness (QED) is 0.758. The van der Waals surface area contributed by atoms with E-state index in [9.17, 15) is 4.79 Å². The van der Waals surface area contributed by atoms with Gasteiger partial charge in [0.25, 0.3) is 5.91 Å². The number of hydrogen-bond donors (Lipinski definition) is 2. The topological polar surface area (TPSA) is 61.2 Å². The fourth-order valence-corrected chi connectivity index (χ4v) is 2.80. The minimum Gasteiger partial charge on any atom is -0.488 e. The van der Waals surface area contributed by atoms with Crippen LogP contribution in [0, 0.1) is 0 Å². The number of ether oxygens (including phenoxy) is 3. The van der Waals surface area contributed by atoms with Crippen molar-refractivity contribution >= 4 is 23.2 Å². The Morgan fingerprint density at radius 1 is 1.19 bits per heavy atom. The predicted molar refractivity (Wildman–Crippen MR) is 104 cm³/mol. The zero-order chi connectivity index (χ0) is 19.2. The first-order valence-electron chi connectivity index (χ1n) is 8.94. The van der Waals surface area contributed by atoms with Crippen molar-refractivity contribution in [3.05, 3.63) is 47.5 Å². The molecular weight excluding hydrogens is 368 g/mol. The zero-order valence-corrected chi connectivity index (χ0v) is 16.2. The van der Waals surface area contributed by atoms with Gasteiger partial charge >= 0.3 is 0 Å². The molecule has 2 N–H and O–H groups in total. The minimum atomic E-state index is -0.230. The highest BCUT2D eigenvalue weighted by atomic mass is 35.5. The van der Waals surface area contributed by atoms with Gasteiger partial charge in [0.2, 0.25) is 0 Å². The van der Waals surface area contributed by atoms with Crippen molar-refractivity contribution in [3.8, 4) is 17.2 Å². The number of rotatable bonds is 7. The number of likely N-dealkylation sites (N-methyl/N-ethyl adjacent to an activating group) is 1. The fraction of sp³-hybridized carbons (Fsp3) is 0.350. The lowest BCUT2D eigenvalue weighted by Gasteiger charge is -2.22. The Hall–Kier alpha value is -2.44. The second kappa shape index (κ2) is 8.97. The largest absolute Gasteiger partial charge is 0.488 e. The first-order chi connectivity index (χ1) is 13.0. The van der Waals surface area contributed by atoms with Crippen LogP contribution >= 0.6 is 11.6 Å². The molecule has 0 aromatic heterocycles. The van der Waals surface area contributed by atoms with Gasteiger partial charge in [-0.2, -0.15) is 0 Å². The van der Waals surface area contributed by atoms with Crippen molar-refractivity contribution in [1.29, 1.82) is 0 Å². The van der Waals surface area contributed by atoms with E-state index in [2.05, 4.69) is 5.32 Å². The van der Waals surface area contributed by atoms with E-state index in [4.69, 9.17) is 25.8 Å². The van der Waals surface area contributed by atoms with E-state index in [1.54, 1.807) is 18.2 Å². The van der Waals surface area contributed by atoms with Gasteiger partial charge in [0, 0.05) is 16.8 Å². The van der Waals surface area contributed by atoms with Crippen LogP contribution < -0.4 is 24.4 Å². The number of halogens is 1. The molecule has 7 heteroatoms. The van der Waals surface area contributed by atoms with Crippen molar-refractivity contribution in [2.75, 3.05) is 38.7 Å². The van der Waals surface area contributed by atoms with Crippen LogP contribution in [0.2, 0.25) is 5.02 Å². The summed E-state index contributed by atoms with van der Waals surface area (Å²) in [7, 11) is 1.97. The molecule has 1 aliphatic rings. The minimum absolute atomic E-state index is 0.0596. The number of anilines is 1. The van der Waals surface area contributed by atoms with Crippen molar-refractivity contribution in [3.63, 3.8) is 0 Å². The second-order valence-electron chi connectivity index (χ2n) is 6.47. The molecule has 0 spiro atoms. The number of hydrogen-bond acceptors (Lipinski definition) is 4. The van der Waals surface area contributed by atoms with Crippen LogP contribution in [0.5, 0.6) is 17.2 Å². The molecule has 0 fully saturated rings. The van der Waals surface area contributed by atoms with Gasteiger partial charge in [-0.25, -0.2) is 0 Å². The lowest BCUT2D eigenvalue weighted by molar-refractivity contribution is -0.894. The SMILES string of the molecule is C[C@H](C(=O)Nc1ccc2c(c1)OCCO2)[NH+](C)CCOc1ccc(Cl)cc1. The third kappa shape index (κ3) is 5.28. The summed E-state index contributed by atoms with van der Waals surface area (Å²) >= 11 is 5.86. The van der Waals surface area contributed by atoms with Crippen molar-refractivity contribution in [1.82, 2.24) is 0 Å². The molecule has 3 rings (SSSR count). The van der Waals surface area contributed by atoms with Crippen molar-refractivity contribution in [2.45, 2.75) is 13.0 Å². The van der Waals surface area contributed by atoms with E-state index in [1.807, 2.05) is 38.2 Å². The van der Waals surface area contributed by atoms with Gasteiger partial charge in [-0.05, 0) is 43.3 Å². The summed E-state index contributed by atoms with van der Waals surface area (Å²) in [6, 6.07) is 12.4. The fourth-order valence-electron chi connectivity index (χ4n) is 2.67. The molecule has 0 saturated carbocycles. The van der Waals surface area contributed by atoms with Gasteiger partial charge in [-0.15, -0.1) is 0 Å². The van der Waals surface area contributed by atoms with Crippen LogP contribution in [0.15, 0.2) is 42.5 Å². The molecule has 27 heavy (non-hydrogen) atoms. The first-order valence-corrected chi connectivity index (χ1v) is 9.32. The monoisotopic (exact) mass is 391 g/mol. The molecule has 2 aromatic carbocycles. The maximum absolute atomic E-state index is 12.5. The summed E-state index contributed by atoms with van der Waals surface area (Å²) < 4.78 is 16.7. The van der Waals surface area contributed by atoms with Crippen molar-refractivity contribution < 1.29 is 23.9 Å². The van der Waals surface area contributed by atoms with E-state index in [-0.39, 0.29) is 11.9 Å². The molecular formula is C20H24ClN2O4+. The summed E-state index contributed by atoms with van der Waals surface area (Å²) in [5, 5.41) is 3.61. The third-order valence-electron chi connectivity index (χ3n) is 4.52. The first kappa shape index (κ1) is 19.3. The van der Waals surface area contributed by atoms with Crippen LogP contribution in [-0.4, -0.2) is 45.4 Å². The number of benzene rings is 2. The molecule has 144 valence electrons. The molecule has 0 saturated heterocycles. The van der Waals surface area contributed by atoms with Gasteiger partial charge < -0.3 is 24.4 Å². The lowest BCUT2D eigenvalue weighted by atomic mass is 10.2. The number of carbonyl (C=O) groups excluding carboxylic acids is 1. The Balaban J connectivity index is 1.48. The van der Waals surface area contributed by atoms with Gasteiger partial charge in [-0.1, -0.05) is 11.6 Å². The number of quaternary nitrogens is 1. The van der Waals surface area contributed by atoms with E-state index in [0.29, 0.717) is 48.6 Å². The van der Waals surface area contributed by atoms with Crippen LogP contribution in [-0.2, 0) is 4.79 Å². The summed E-state index contributed by atoms with van der Waals surface area (Å²) in [5.74, 6) is 2.06. The van der Waals surface area contributed by atoms with E-state index >= 15 is 0 Å². The zero-order valence-electron chi connectivity index (χ0n) is 15.5. The lowest BCUT2D eigenvalue weighted by Crippen LogP contribution is -3.14. The second-order valence-corrected chi connectivity index (χ2v) is 6.90. The molecule has 1 heterocycles. The highest BCUT2D eigenvalue weighted by Gasteiger charge is 2.22. The summed E-state index contributed by atoms with van der Waals surface area (Å²) in [5.41, 5.74) is 0.696. The molecule has 2 aromatic rings. The van der Waals surface area contributed by atoms with Crippen LogP contribution in [0.3, 0.4) is 0 Å². The standard InChI is InChI=1S/C20H23ClN2O4/c1-14(23(2)9-10-25-17-6-3-15(21)4-7-17)20(24)22-16-5-8-18-19(13-16)27-12-11-26-18/h3-8,13-14H,9-12H2,1-2H3,(H,22,24)/p+1/t14-/m1/s1. The number of carbonyl (C=O) groups is 1. The molecule has 1 unspecified atom stereocenters. The Morgan fingerprint density at radius 3 is 2.63 bits per heavy atom. The highest BCUT2D eigenvalue weighted by molar-refractivity contribution is 6.30. The Bertz CT molecular complexity index is 782. The number of nitrogens with one attached hydrogen (secondary N) is 2. The maximum Gasteiger partial charge on any atom is 0.282 e. The molecule has 0 radical (unpaired) electrons. The molecule has 1 aliphatic heterocycles. The van der Waals surface area contributed by atoms with Gasteiger partial charge in [-0.3, -0.25) is 4.79 Å². The Morgan fingerprint density at radius 2 is 1.89 bits per heavy atom. The maximum atomic E-state index is 12.5. The predicted octanol–water partition coefficient (Wildman–Crippen LogP) is 2.03. The van der Waals surface area contributed by atoms with Crippen molar-refractivity contribution in [2.24, 2.45) is 0 Å². The molecule has 0 aliphatic carbocycles. The van der Waals surface area contributed by atoms with E-state index < -0.39 is 0 Å². The van der Waals surface area contributed by atoms with Crippen LogP contribution in [0.4, 0.5) is 5.69 Å². The molecule has 6 nitrogen and oxygen atoms in total. The average molecular weight is 392 g/mol. The van der Waals surface area contributed by atoms with Crippen LogP contribution in [0.1, 0.15) is 6.92 Å². The highest BCUT2D eigenvalue weighted by Crippen LogP contribution is 2.32. The molecule has 2 atom stereocenters. The smallest absolute Gasteiger partial charge is 0.282 e.